The molecule has 0 aromatic heterocycles. The number of allylic oxidation sites excluding steroid dienone is 1. The molecule has 1 aliphatic rings. The minimum atomic E-state index is -5.09. The number of carbonyl (C=O) groups excluding carboxylic acids is 1. The lowest BCUT2D eigenvalue weighted by Gasteiger charge is -2.41. The van der Waals surface area contributed by atoms with Crippen molar-refractivity contribution >= 4 is 16.3 Å². The summed E-state index contributed by atoms with van der Waals surface area (Å²) < 4.78 is 47.9. The molecule has 13 heteroatoms. The molecule has 0 aromatic rings. The average Bonchev–Trinajstić information content (AvgIpc) is 3.39. The van der Waals surface area contributed by atoms with Gasteiger partial charge in [0.15, 0.2) is 6.29 Å². The third kappa shape index (κ3) is 44.3. The quantitative estimate of drug-likeness (QED) is 0.0193. The lowest BCUT2D eigenvalue weighted by Crippen LogP contribution is -2.61. The van der Waals surface area contributed by atoms with Crippen molar-refractivity contribution in [3.8, 4) is 0 Å². The van der Waals surface area contributed by atoms with Gasteiger partial charge in [0.05, 0.1) is 25.4 Å². The highest BCUT2D eigenvalue weighted by atomic mass is 32.3. The van der Waals surface area contributed by atoms with Crippen LogP contribution in [0.1, 0.15) is 322 Å². The Kier molecular flexibility index (Phi) is 50.0. The van der Waals surface area contributed by atoms with Gasteiger partial charge in [0.25, 0.3) is 0 Å². The van der Waals surface area contributed by atoms with Gasteiger partial charge in [-0.1, -0.05) is 309 Å². The normalized spacial score (nSPS) is 19.1. The zero-order chi connectivity index (χ0) is 54.7. The molecule has 0 bridgehead atoms. The fourth-order valence-electron chi connectivity index (χ4n) is 10.6. The van der Waals surface area contributed by atoms with Gasteiger partial charge >= 0.3 is 10.4 Å². The summed E-state index contributed by atoms with van der Waals surface area (Å²) in [5, 5.41) is 45.1. The summed E-state index contributed by atoms with van der Waals surface area (Å²) in [6, 6.07) is -0.941. The molecule has 0 radical (unpaired) electrons. The number of unbranched alkanes of at least 4 members (excludes halogenated alkanes) is 45. The van der Waals surface area contributed by atoms with Crippen molar-refractivity contribution in [2.24, 2.45) is 0 Å². The topological polar surface area (TPSA) is 192 Å². The molecular formula is C62H121NO11S. The minimum absolute atomic E-state index is 0.254. The van der Waals surface area contributed by atoms with Crippen LogP contribution in [0.2, 0.25) is 0 Å². The van der Waals surface area contributed by atoms with E-state index in [0.717, 1.165) is 38.5 Å². The molecule has 0 aliphatic carbocycles. The van der Waals surface area contributed by atoms with Crippen LogP contribution in [0.3, 0.4) is 0 Å². The lowest BCUT2D eigenvalue weighted by atomic mass is 9.99. The van der Waals surface area contributed by atoms with Crippen LogP contribution < -0.4 is 5.32 Å². The van der Waals surface area contributed by atoms with Crippen molar-refractivity contribution in [1.82, 2.24) is 5.32 Å². The summed E-state index contributed by atoms with van der Waals surface area (Å²) in [5.41, 5.74) is 0. The molecule has 1 heterocycles. The van der Waals surface area contributed by atoms with Crippen LogP contribution >= 0.6 is 0 Å². The van der Waals surface area contributed by atoms with E-state index in [-0.39, 0.29) is 18.9 Å². The number of ether oxygens (including phenoxy) is 2. The van der Waals surface area contributed by atoms with Gasteiger partial charge in [-0.15, -0.1) is 0 Å². The number of aliphatic hydroxyl groups is 4. The van der Waals surface area contributed by atoms with Crippen molar-refractivity contribution in [2.75, 3.05) is 13.2 Å². The number of hydrogen-bond acceptors (Lipinski definition) is 10. The van der Waals surface area contributed by atoms with Gasteiger partial charge in [-0.25, -0.2) is 4.18 Å². The van der Waals surface area contributed by atoms with Crippen LogP contribution in [-0.4, -0.2) is 95.4 Å². The maximum Gasteiger partial charge on any atom is 0.397 e. The van der Waals surface area contributed by atoms with Gasteiger partial charge in [0, 0.05) is 6.42 Å². The molecule has 7 atom stereocenters. The molecule has 7 unspecified atom stereocenters. The van der Waals surface area contributed by atoms with E-state index in [1.807, 2.05) is 6.08 Å². The Morgan fingerprint density at radius 2 is 0.840 bits per heavy atom. The second-order valence-corrected chi connectivity index (χ2v) is 23.8. The highest BCUT2D eigenvalue weighted by molar-refractivity contribution is 7.80. The summed E-state index contributed by atoms with van der Waals surface area (Å²) >= 11 is 0. The zero-order valence-corrected chi connectivity index (χ0v) is 49.5. The molecular weight excluding hydrogens is 967 g/mol. The van der Waals surface area contributed by atoms with Crippen molar-refractivity contribution < 1.29 is 51.8 Å². The molecule has 1 amide bonds. The largest absolute Gasteiger partial charge is 0.397 e. The maximum absolute atomic E-state index is 13.2. The van der Waals surface area contributed by atoms with Gasteiger partial charge in [0.1, 0.15) is 24.4 Å². The fourth-order valence-corrected chi connectivity index (χ4v) is 11.1. The van der Waals surface area contributed by atoms with Crippen LogP contribution in [0.25, 0.3) is 0 Å². The number of carbonyl (C=O) groups is 1. The first-order valence-electron chi connectivity index (χ1n) is 32.1. The van der Waals surface area contributed by atoms with Crippen LogP contribution in [-0.2, 0) is 28.9 Å². The van der Waals surface area contributed by atoms with Crippen LogP contribution in [0.15, 0.2) is 12.2 Å². The number of rotatable bonds is 57. The standard InChI is InChI=1S/C62H121NO11S/c1-3-5-7-9-11-13-15-17-19-21-23-24-25-26-27-28-29-30-31-32-34-36-38-40-42-44-46-48-50-52-58(66)63-55(54-72-62-60(68)61(74-75(69,70)71)59(67)57(53-64)73-62)56(65)51-49-47-45-43-41-39-37-35-33-22-20-18-16-14-12-10-8-6-4-2/h49,51,55-57,59-62,64-65,67-68H,3-48,50,52-54H2,1-2H3,(H,63,66)(H,69,70,71)/b51-49+. The number of aliphatic hydroxyl groups excluding tert-OH is 4. The molecule has 1 saturated heterocycles. The second kappa shape index (κ2) is 52.2. The number of nitrogens with one attached hydrogen (secondary N) is 1. The predicted molar refractivity (Wildman–Crippen MR) is 310 cm³/mol. The van der Waals surface area contributed by atoms with E-state index in [2.05, 4.69) is 23.3 Å². The molecule has 0 aromatic carbocycles. The Morgan fingerprint density at radius 1 is 0.520 bits per heavy atom. The summed E-state index contributed by atoms with van der Waals surface area (Å²) in [4.78, 5) is 13.2. The molecule has 0 saturated carbocycles. The number of amides is 1. The second-order valence-electron chi connectivity index (χ2n) is 22.7. The Morgan fingerprint density at radius 3 is 1.16 bits per heavy atom. The van der Waals surface area contributed by atoms with E-state index in [4.69, 9.17) is 9.47 Å². The van der Waals surface area contributed by atoms with Crippen molar-refractivity contribution in [1.29, 1.82) is 0 Å². The molecule has 1 rings (SSSR count). The molecule has 1 fully saturated rings. The van der Waals surface area contributed by atoms with E-state index in [9.17, 15) is 38.2 Å². The van der Waals surface area contributed by atoms with Gasteiger partial charge < -0.3 is 35.2 Å². The Labute approximate surface area is 461 Å². The van der Waals surface area contributed by atoms with Crippen molar-refractivity contribution in [3.05, 3.63) is 12.2 Å². The third-order valence-corrected chi connectivity index (χ3v) is 16.0. The van der Waals surface area contributed by atoms with E-state index < -0.39 is 59.9 Å². The Balaban J connectivity index is 2.27. The monoisotopic (exact) mass is 1090 g/mol. The zero-order valence-electron chi connectivity index (χ0n) is 48.6. The summed E-state index contributed by atoms with van der Waals surface area (Å²) in [6.45, 7) is 3.45. The lowest BCUT2D eigenvalue weighted by molar-refractivity contribution is -0.298. The van der Waals surface area contributed by atoms with Gasteiger partial charge in [-0.2, -0.15) is 8.42 Å². The summed E-state index contributed by atoms with van der Waals surface area (Å²) in [6.07, 6.45) is 55.6. The summed E-state index contributed by atoms with van der Waals surface area (Å²) in [7, 11) is -5.09. The molecule has 12 nitrogen and oxygen atoms in total. The van der Waals surface area contributed by atoms with Crippen LogP contribution in [0.5, 0.6) is 0 Å². The highest BCUT2D eigenvalue weighted by Gasteiger charge is 2.48. The average molecular weight is 1090 g/mol. The van der Waals surface area contributed by atoms with E-state index in [0.29, 0.717) is 6.42 Å². The first-order valence-corrected chi connectivity index (χ1v) is 33.4. The first kappa shape index (κ1) is 71.9. The van der Waals surface area contributed by atoms with Crippen molar-refractivity contribution in [3.63, 3.8) is 0 Å². The van der Waals surface area contributed by atoms with E-state index in [1.54, 1.807) is 6.08 Å². The van der Waals surface area contributed by atoms with Gasteiger partial charge in [0.2, 0.25) is 5.91 Å². The molecule has 6 N–H and O–H groups in total. The van der Waals surface area contributed by atoms with E-state index >= 15 is 0 Å². The van der Waals surface area contributed by atoms with E-state index in [1.165, 1.54) is 257 Å². The molecule has 446 valence electrons. The fraction of sp³-hybridized carbons (Fsp3) is 0.952. The Bertz CT molecular complexity index is 1370. The maximum atomic E-state index is 13.2. The Hall–Kier alpha value is -1.16. The van der Waals surface area contributed by atoms with Gasteiger partial charge in [-0.3, -0.25) is 9.35 Å². The minimum Gasteiger partial charge on any atom is -0.394 e. The van der Waals surface area contributed by atoms with Crippen LogP contribution in [0, 0.1) is 0 Å². The van der Waals surface area contributed by atoms with Crippen molar-refractivity contribution in [2.45, 2.75) is 365 Å². The third-order valence-electron chi connectivity index (χ3n) is 15.6. The molecule has 0 spiro atoms. The highest BCUT2D eigenvalue weighted by Crippen LogP contribution is 2.26. The smallest absolute Gasteiger partial charge is 0.394 e. The SMILES string of the molecule is CCCCCCCCCCCCCCCCCCC/C=C/C(O)C(COC1OC(CO)C(O)C(OS(=O)(=O)O)C1O)NC(=O)CCCCCCCCCCCCCCCCCCCCCCCCCCCCCCC. The predicted octanol–water partition coefficient (Wildman–Crippen LogP) is 15.8. The number of hydrogen-bond donors (Lipinski definition) is 6. The van der Waals surface area contributed by atoms with Crippen LogP contribution in [0.4, 0.5) is 0 Å². The summed E-state index contributed by atoms with van der Waals surface area (Å²) in [5.74, 6) is -0.254. The molecule has 1 aliphatic heterocycles. The first-order chi connectivity index (χ1) is 36.5. The van der Waals surface area contributed by atoms with Gasteiger partial charge in [-0.05, 0) is 19.3 Å². The molecule has 75 heavy (non-hydrogen) atoms.